The zero-order valence-electron chi connectivity index (χ0n) is 17.5. The van der Waals surface area contributed by atoms with Crippen molar-refractivity contribution in [1.29, 1.82) is 0 Å². The summed E-state index contributed by atoms with van der Waals surface area (Å²) in [6.45, 7) is 4.87. The monoisotopic (exact) mass is 418 g/mol. The second-order valence-electron chi connectivity index (χ2n) is 8.23. The van der Waals surface area contributed by atoms with Crippen molar-refractivity contribution in [2.45, 2.75) is 25.8 Å². The third kappa shape index (κ3) is 4.32. The molecule has 0 atom stereocenters. The molecule has 0 aliphatic carbocycles. The van der Waals surface area contributed by atoms with E-state index in [9.17, 15) is 9.59 Å². The van der Waals surface area contributed by atoms with E-state index in [1.165, 1.54) is 11.1 Å². The molecule has 2 aliphatic heterocycles. The summed E-state index contributed by atoms with van der Waals surface area (Å²) in [5.74, 6) is 1.70. The Morgan fingerprint density at radius 1 is 1.10 bits per heavy atom. The number of aromatic amines is 1. The highest BCUT2D eigenvalue weighted by Crippen LogP contribution is 2.26. The quantitative estimate of drug-likeness (QED) is 0.687. The van der Waals surface area contributed by atoms with Crippen LogP contribution in [-0.4, -0.2) is 58.5 Å². The van der Waals surface area contributed by atoms with Crippen LogP contribution in [0.1, 0.15) is 23.4 Å². The van der Waals surface area contributed by atoms with E-state index in [4.69, 9.17) is 4.74 Å². The maximum atomic E-state index is 12.7. The Labute approximate surface area is 180 Å². The van der Waals surface area contributed by atoms with Gasteiger partial charge in [-0.2, -0.15) is 0 Å². The number of carbonyl (C=O) groups excluding carboxylic acids is 1. The fourth-order valence-corrected chi connectivity index (χ4v) is 4.39. The molecule has 31 heavy (non-hydrogen) atoms. The van der Waals surface area contributed by atoms with Gasteiger partial charge in [0.05, 0.1) is 17.5 Å². The number of para-hydroxylation sites is 1. The number of benzene rings is 2. The Bertz CT molecular complexity index is 1160. The lowest BCUT2D eigenvalue weighted by molar-refractivity contribution is -0.133. The number of carbonyl (C=O) groups is 1. The number of hydrogen-bond acceptors (Lipinski definition) is 5. The minimum Gasteiger partial charge on any atom is -0.493 e. The molecule has 1 N–H and O–H groups in total. The number of rotatable bonds is 5. The van der Waals surface area contributed by atoms with E-state index in [1.54, 1.807) is 6.07 Å². The average molecular weight is 418 g/mol. The van der Waals surface area contributed by atoms with E-state index in [0.717, 1.165) is 51.5 Å². The first-order chi connectivity index (χ1) is 15.2. The maximum Gasteiger partial charge on any atom is 0.258 e. The predicted octanol–water partition coefficient (Wildman–Crippen LogP) is 2.13. The van der Waals surface area contributed by atoms with E-state index in [0.29, 0.717) is 29.6 Å². The summed E-state index contributed by atoms with van der Waals surface area (Å²) in [6.07, 6.45) is 1.78. The van der Waals surface area contributed by atoms with Crippen molar-refractivity contribution in [2.75, 3.05) is 32.8 Å². The number of fused-ring (bicyclic) bond motifs is 2. The van der Waals surface area contributed by atoms with Crippen LogP contribution in [0.3, 0.4) is 0 Å². The Morgan fingerprint density at radius 2 is 1.94 bits per heavy atom. The Morgan fingerprint density at radius 3 is 2.81 bits per heavy atom. The van der Waals surface area contributed by atoms with Gasteiger partial charge in [0.1, 0.15) is 11.6 Å². The SMILES string of the molecule is O=C(CCc1nc2ccccc2c(=O)[nH]1)N1CCN(Cc2ccc3c(c2)CCO3)CC1. The summed E-state index contributed by atoms with van der Waals surface area (Å²) in [6, 6.07) is 13.7. The molecule has 5 rings (SSSR count). The highest BCUT2D eigenvalue weighted by Gasteiger charge is 2.22. The molecule has 3 heterocycles. The van der Waals surface area contributed by atoms with E-state index in [1.807, 2.05) is 23.1 Å². The molecule has 0 radical (unpaired) electrons. The van der Waals surface area contributed by atoms with Gasteiger partial charge in [-0.25, -0.2) is 4.98 Å². The topological polar surface area (TPSA) is 78.5 Å². The van der Waals surface area contributed by atoms with Crippen LogP contribution in [0.2, 0.25) is 0 Å². The molecule has 0 spiro atoms. The summed E-state index contributed by atoms with van der Waals surface area (Å²) in [5, 5.41) is 0.574. The average Bonchev–Trinajstić information content (AvgIpc) is 3.26. The molecule has 1 amide bonds. The first-order valence-corrected chi connectivity index (χ1v) is 10.9. The zero-order chi connectivity index (χ0) is 21.2. The van der Waals surface area contributed by atoms with Crippen molar-refractivity contribution in [1.82, 2.24) is 19.8 Å². The molecule has 7 nitrogen and oxygen atoms in total. The molecule has 2 aliphatic rings. The van der Waals surface area contributed by atoms with Gasteiger partial charge >= 0.3 is 0 Å². The number of nitrogens with one attached hydrogen (secondary N) is 1. The summed E-state index contributed by atoms with van der Waals surface area (Å²) in [4.78, 5) is 36.5. The summed E-state index contributed by atoms with van der Waals surface area (Å²) < 4.78 is 5.58. The first kappa shape index (κ1) is 19.8. The number of nitrogens with zero attached hydrogens (tertiary/aromatic N) is 3. The lowest BCUT2D eigenvalue weighted by Crippen LogP contribution is -2.48. The number of hydrogen-bond donors (Lipinski definition) is 1. The van der Waals surface area contributed by atoms with Gasteiger partial charge in [-0.1, -0.05) is 24.3 Å². The Hall–Kier alpha value is -3.19. The second-order valence-corrected chi connectivity index (χ2v) is 8.23. The summed E-state index contributed by atoms with van der Waals surface area (Å²) in [5.41, 5.74) is 3.11. The fourth-order valence-electron chi connectivity index (χ4n) is 4.39. The number of amides is 1. The smallest absolute Gasteiger partial charge is 0.258 e. The third-order valence-electron chi connectivity index (χ3n) is 6.12. The van der Waals surface area contributed by atoms with Gasteiger partial charge in [0.15, 0.2) is 0 Å². The van der Waals surface area contributed by atoms with Crippen molar-refractivity contribution < 1.29 is 9.53 Å². The lowest BCUT2D eigenvalue weighted by atomic mass is 10.1. The Balaban J connectivity index is 1.13. The van der Waals surface area contributed by atoms with Crippen LogP contribution in [0.25, 0.3) is 10.9 Å². The molecule has 1 aromatic heterocycles. The Kier molecular flexibility index (Phi) is 5.42. The largest absolute Gasteiger partial charge is 0.493 e. The van der Waals surface area contributed by atoms with Crippen molar-refractivity contribution in [3.63, 3.8) is 0 Å². The molecule has 2 aromatic carbocycles. The van der Waals surface area contributed by atoms with Gasteiger partial charge in [-0.3, -0.25) is 14.5 Å². The molecule has 0 unspecified atom stereocenters. The van der Waals surface area contributed by atoms with Crippen LogP contribution in [0, 0.1) is 0 Å². The van der Waals surface area contributed by atoms with Crippen LogP contribution in [0.5, 0.6) is 5.75 Å². The molecule has 1 saturated heterocycles. The van der Waals surface area contributed by atoms with Gasteiger partial charge in [-0.05, 0) is 29.3 Å². The summed E-state index contributed by atoms with van der Waals surface area (Å²) in [7, 11) is 0. The van der Waals surface area contributed by atoms with Crippen LogP contribution >= 0.6 is 0 Å². The minimum absolute atomic E-state index is 0.116. The van der Waals surface area contributed by atoms with E-state index < -0.39 is 0 Å². The van der Waals surface area contributed by atoms with E-state index in [-0.39, 0.29) is 11.5 Å². The second kappa shape index (κ2) is 8.51. The van der Waals surface area contributed by atoms with Crippen LogP contribution in [0.15, 0.2) is 47.3 Å². The van der Waals surface area contributed by atoms with Gasteiger partial charge in [0.2, 0.25) is 5.91 Å². The van der Waals surface area contributed by atoms with Crippen LogP contribution < -0.4 is 10.3 Å². The normalized spacial score (nSPS) is 16.3. The number of H-pyrrole nitrogens is 1. The van der Waals surface area contributed by atoms with E-state index >= 15 is 0 Å². The van der Waals surface area contributed by atoms with Crippen LogP contribution in [0.4, 0.5) is 0 Å². The van der Waals surface area contributed by atoms with Gasteiger partial charge in [0, 0.05) is 52.0 Å². The van der Waals surface area contributed by atoms with Crippen molar-refractivity contribution >= 4 is 16.8 Å². The molecule has 0 saturated carbocycles. The molecular weight excluding hydrogens is 392 g/mol. The molecule has 7 heteroatoms. The number of ether oxygens (including phenoxy) is 1. The standard InChI is InChI=1S/C24H26N4O3/c29-23(8-7-22-25-20-4-2-1-3-19(20)24(30)26-22)28-12-10-27(11-13-28)16-17-5-6-21-18(15-17)9-14-31-21/h1-6,15H,7-14,16H2,(H,25,26,30). The number of aromatic nitrogens is 2. The van der Waals surface area contributed by atoms with E-state index in [2.05, 4.69) is 33.1 Å². The number of aryl methyl sites for hydroxylation is 1. The third-order valence-corrected chi connectivity index (χ3v) is 6.12. The summed E-state index contributed by atoms with van der Waals surface area (Å²) >= 11 is 0. The van der Waals surface area contributed by atoms with Crippen molar-refractivity contribution in [3.8, 4) is 5.75 Å². The van der Waals surface area contributed by atoms with Gasteiger partial charge < -0.3 is 14.6 Å². The lowest BCUT2D eigenvalue weighted by Gasteiger charge is -2.35. The predicted molar refractivity (Wildman–Crippen MR) is 118 cm³/mol. The zero-order valence-corrected chi connectivity index (χ0v) is 17.5. The number of piperazine rings is 1. The van der Waals surface area contributed by atoms with Gasteiger partial charge in [-0.15, -0.1) is 0 Å². The van der Waals surface area contributed by atoms with Crippen molar-refractivity contribution in [2.24, 2.45) is 0 Å². The van der Waals surface area contributed by atoms with Gasteiger partial charge in [0.25, 0.3) is 5.56 Å². The molecule has 160 valence electrons. The molecular formula is C24H26N4O3. The molecule has 3 aromatic rings. The minimum atomic E-state index is -0.153. The maximum absolute atomic E-state index is 12.7. The fraction of sp³-hybridized carbons (Fsp3) is 0.375. The molecule has 1 fully saturated rings. The molecule has 0 bridgehead atoms. The first-order valence-electron chi connectivity index (χ1n) is 10.9. The van der Waals surface area contributed by atoms with Crippen LogP contribution in [-0.2, 0) is 24.2 Å². The van der Waals surface area contributed by atoms with Crippen molar-refractivity contribution in [3.05, 3.63) is 69.8 Å². The highest BCUT2D eigenvalue weighted by molar-refractivity contribution is 5.78. The highest BCUT2D eigenvalue weighted by atomic mass is 16.5.